The first-order valence-electron chi connectivity index (χ1n) is 6.93. The van der Waals surface area contributed by atoms with Crippen molar-refractivity contribution >= 4 is 6.09 Å². The van der Waals surface area contributed by atoms with Crippen LogP contribution in [0.1, 0.15) is 44.4 Å². The van der Waals surface area contributed by atoms with Crippen LogP contribution in [0.2, 0.25) is 0 Å². The molecule has 20 heavy (non-hydrogen) atoms. The van der Waals surface area contributed by atoms with E-state index in [-0.39, 0.29) is 18.7 Å². The number of terminal acetylenes is 1. The quantitative estimate of drug-likeness (QED) is 0.770. The van der Waals surface area contributed by atoms with Gasteiger partial charge in [0, 0.05) is 0 Å². The number of fused-ring (bicyclic) bond motifs is 1. The van der Waals surface area contributed by atoms with Crippen LogP contribution in [0.5, 0.6) is 0 Å². The number of hydrogen-bond acceptors (Lipinski definition) is 2. The highest BCUT2D eigenvalue weighted by Crippen LogP contribution is 2.36. The molecule has 0 fully saturated rings. The van der Waals surface area contributed by atoms with Crippen molar-refractivity contribution in [3.05, 3.63) is 35.4 Å². The SMILES string of the molecule is C#CCN(C(=O)OC(C)(C)C)C1CCc2ccccc21. The van der Waals surface area contributed by atoms with E-state index in [2.05, 4.69) is 18.1 Å². The van der Waals surface area contributed by atoms with E-state index in [1.807, 2.05) is 32.9 Å². The molecule has 0 spiro atoms. The van der Waals surface area contributed by atoms with Gasteiger partial charge in [0.25, 0.3) is 0 Å². The lowest BCUT2D eigenvalue weighted by Gasteiger charge is -2.30. The average molecular weight is 271 g/mol. The number of carbonyl (C=O) groups is 1. The molecule has 0 aliphatic heterocycles. The fraction of sp³-hybridized carbons (Fsp3) is 0.471. The maximum Gasteiger partial charge on any atom is 0.411 e. The molecule has 1 aliphatic rings. The Morgan fingerprint density at radius 2 is 2.15 bits per heavy atom. The van der Waals surface area contributed by atoms with Crippen molar-refractivity contribution < 1.29 is 9.53 Å². The molecular formula is C17H21NO2. The molecule has 0 radical (unpaired) electrons. The number of carbonyl (C=O) groups excluding carboxylic acids is 1. The lowest BCUT2D eigenvalue weighted by molar-refractivity contribution is 0.0190. The highest BCUT2D eigenvalue weighted by atomic mass is 16.6. The van der Waals surface area contributed by atoms with Crippen LogP contribution in [0.25, 0.3) is 0 Å². The van der Waals surface area contributed by atoms with Gasteiger partial charge in [0.15, 0.2) is 0 Å². The first kappa shape index (κ1) is 14.5. The van der Waals surface area contributed by atoms with Crippen molar-refractivity contribution in [1.82, 2.24) is 4.90 Å². The average Bonchev–Trinajstić information content (AvgIpc) is 2.77. The van der Waals surface area contributed by atoms with E-state index in [9.17, 15) is 4.79 Å². The Hall–Kier alpha value is -1.95. The smallest absolute Gasteiger partial charge is 0.411 e. The van der Waals surface area contributed by atoms with Gasteiger partial charge >= 0.3 is 6.09 Å². The molecule has 1 aromatic rings. The summed E-state index contributed by atoms with van der Waals surface area (Å²) in [6, 6.07) is 8.23. The monoisotopic (exact) mass is 271 g/mol. The summed E-state index contributed by atoms with van der Waals surface area (Å²) in [5.41, 5.74) is 1.97. The third kappa shape index (κ3) is 3.14. The maximum absolute atomic E-state index is 12.4. The summed E-state index contributed by atoms with van der Waals surface area (Å²) in [5.74, 6) is 2.57. The minimum Gasteiger partial charge on any atom is -0.444 e. The number of nitrogens with zero attached hydrogens (tertiary/aromatic N) is 1. The molecule has 0 saturated carbocycles. The van der Waals surface area contributed by atoms with E-state index in [0.29, 0.717) is 0 Å². The van der Waals surface area contributed by atoms with Gasteiger partial charge < -0.3 is 4.74 Å². The number of aryl methyl sites for hydroxylation is 1. The van der Waals surface area contributed by atoms with Gasteiger partial charge in [-0.05, 0) is 44.7 Å². The number of benzene rings is 1. The second-order valence-corrected chi connectivity index (χ2v) is 6.07. The van der Waals surface area contributed by atoms with Crippen LogP contribution in [0.3, 0.4) is 0 Å². The Labute approximate surface area is 120 Å². The molecule has 0 heterocycles. The van der Waals surface area contributed by atoms with E-state index in [1.54, 1.807) is 4.90 Å². The predicted octanol–water partition coefficient (Wildman–Crippen LogP) is 3.54. The van der Waals surface area contributed by atoms with Crippen LogP contribution in [0.4, 0.5) is 4.79 Å². The number of amides is 1. The standard InChI is InChI=1S/C17H21NO2/c1-5-12-18(16(19)20-17(2,3)4)15-11-10-13-8-6-7-9-14(13)15/h1,6-9,15H,10-12H2,2-4H3. The van der Waals surface area contributed by atoms with Crippen molar-refractivity contribution in [3.63, 3.8) is 0 Å². The van der Waals surface area contributed by atoms with Crippen molar-refractivity contribution in [3.8, 4) is 12.3 Å². The molecule has 1 atom stereocenters. The second kappa shape index (κ2) is 5.58. The zero-order chi connectivity index (χ0) is 14.8. The van der Waals surface area contributed by atoms with Crippen LogP contribution in [-0.2, 0) is 11.2 Å². The predicted molar refractivity (Wildman–Crippen MR) is 79.3 cm³/mol. The van der Waals surface area contributed by atoms with Gasteiger partial charge in [0.1, 0.15) is 5.60 Å². The molecular weight excluding hydrogens is 250 g/mol. The molecule has 0 N–H and O–H groups in total. The largest absolute Gasteiger partial charge is 0.444 e. The minimum atomic E-state index is -0.512. The van der Waals surface area contributed by atoms with E-state index in [0.717, 1.165) is 12.8 Å². The summed E-state index contributed by atoms with van der Waals surface area (Å²) in [4.78, 5) is 14.0. The molecule has 3 heteroatoms. The first-order valence-corrected chi connectivity index (χ1v) is 6.93. The molecule has 0 saturated heterocycles. The van der Waals surface area contributed by atoms with Gasteiger partial charge in [-0.2, -0.15) is 0 Å². The fourth-order valence-electron chi connectivity index (χ4n) is 2.58. The van der Waals surface area contributed by atoms with E-state index >= 15 is 0 Å². The summed E-state index contributed by atoms with van der Waals surface area (Å²) in [6.07, 6.45) is 6.96. The summed E-state index contributed by atoms with van der Waals surface area (Å²) in [6.45, 7) is 5.86. The Bertz CT molecular complexity index is 537. The molecule has 0 bridgehead atoms. The third-order valence-corrected chi connectivity index (χ3v) is 3.37. The molecule has 2 rings (SSSR count). The topological polar surface area (TPSA) is 29.5 Å². The van der Waals surface area contributed by atoms with Crippen molar-refractivity contribution in [2.24, 2.45) is 0 Å². The first-order chi connectivity index (χ1) is 9.42. The van der Waals surface area contributed by atoms with Crippen LogP contribution in [0, 0.1) is 12.3 Å². The third-order valence-electron chi connectivity index (χ3n) is 3.37. The lowest BCUT2D eigenvalue weighted by atomic mass is 10.1. The summed E-state index contributed by atoms with van der Waals surface area (Å²) < 4.78 is 5.47. The van der Waals surface area contributed by atoms with E-state index < -0.39 is 5.60 Å². The van der Waals surface area contributed by atoms with Crippen molar-refractivity contribution in [2.75, 3.05) is 6.54 Å². The highest BCUT2D eigenvalue weighted by Gasteiger charge is 2.32. The summed E-state index contributed by atoms with van der Waals surface area (Å²) in [7, 11) is 0. The van der Waals surface area contributed by atoms with Gasteiger partial charge in [-0.3, -0.25) is 4.90 Å². The van der Waals surface area contributed by atoms with Gasteiger partial charge in [-0.15, -0.1) is 6.42 Å². The van der Waals surface area contributed by atoms with E-state index in [4.69, 9.17) is 11.2 Å². The second-order valence-electron chi connectivity index (χ2n) is 6.07. The lowest BCUT2D eigenvalue weighted by Crippen LogP contribution is -2.39. The molecule has 1 amide bonds. The summed E-state index contributed by atoms with van der Waals surface area (Å²) >= 11 is 0. The van der Waals surface area contributed by atoms with Crippen LogP contribution < -0.4 is 0 Å². The molecule has 1 aliphatic carbocycles. The Balaban J connectivity index is 2.23. The molecule has 1 aromatic carbocycles. The Morgan fingerprint density at radius 1 is 1.45 bits per heavy atom. The number of hydrogen-bond donors (Lipinski definition) is 0. The van der Waals surface area contributed by atoms with Crippen molar-refractivity contribution in [2.45, 2.75) is 45.3 Å². The van der Waals surface area contributed by atoms with Gasteiger partial charge in [0.2, 0.25) is 0 Å². The van der Waals surface area contributed by atoms with Crippen LogP contribution >= 0.6 is 0 Å². The van der Waals surface area contributed by atoms with Gasteiger partial charge in [-0.25, -0.2) is 4.79 Å². The van der Waals surface area contributed by atoms with Gasteiger partial charge in [-0.1, -0.05) is 30.2 Å². The van der Waals surface area contributed by atoms with Gasteiger partial charge in [0.05, 0.1) is 12.6 Å². The molecule has 3 nitrogen and oxygen atoms in total. The number of ether oxygens (including phenoxy) is 1. The van der Waals surface area contributed by atoms with Crippen molar-refractivity contribution in [1.29, 1.82) is 0 Å². The zero-order valence-corrected chi connectivity index (χ0v) is 12.3. The Kier molecular flexibility index (Phi) is 4.04. The maximum atomic E-state index is 12.4. The molecule has 106 valence electrons. The van der Waals surface area contributed by atoms with Crippen LogP contribution in [-0.4, -0.2) is 23.1 Å². The minimum absolute atomic E-state index is 0.0251. The summed E-state index contributed by atoms with van der Waals surface area (Å²) in [5, 5.41) is 0. The normalized spacial score (nSPS) is 17.2. The Morgan fingerprint density at radius 3 is 2.80 bits per heavy atom. The molecule has 0 aromatic heterocycles. The molecule has 1 unspecified atom stereocenters. The fourth-order valence-corrected chi connectivity index (χ4v) is 2.58. The zero-order valence-electron chi connectivity index (χ0n) is 12.3. The van der Waals surface area contributed by atoms with Crippen LogP contribution in [0.15, 0.2) is 24.3 Å². The van der Waals surface area contributed by atoms with E-state index in [1.165, 1.54) is 11.1 Å². The highest BCUT2D eigenvalue weighted by molar-refractivity contribution is 5.69. The number of rotatable bonds is 2.